The molecule has 22 heavy (non-hydrogen) atoms. The van der Waals surface area contributed by atoms with Gasteiger partial charge in [0.05, 0.1) is 11.1 Å². The Hall–Kier alpha value is -1.84. The van der Waals surface area contributed by atoms with Crippen molar-refractivity contribution in [2.75, 3.05) is 6.73 Å². The molecule has 1 aliphatic carbocycles. The molecule has 0 unspecified atom stereocenters. The summed E-state index contributed by atoms with van der Waals surface area (Å²) in [5.41, 5.74) is 4.75. The third kappa shape index (κ3) is 2.87. The maximum absolute atomic E-state index is 11.9. The van der Waals surface area contributed by atoms with Crippen LogP contribution < -0.4 is 0 Å². The second kappa shape index (κ2) is 5.41. The zero-order valence-electron chi connectivity index (χ0n) is 13.9. The summed E-state index contributed by atoms with van der Waals surface area (Å²) in [7, 11) is 0. The first kappa shape index (κ1) is 15.1. The molecule has 4 heteroatoms. The van der Waals surface area contributed by atoms with Gasteiger partial charge >= 0.3 is 5.97 Å². The van der Waals surface area contributed by atoms with Crippen LogP contribution in [0.25, 0.3) is 0 Å². The van der Waals surface area contributed by atoms with Crippen molar-refractivity contribution < 1.29 is 9.53 Å². The second-order valence-electron chi connectivity index (χ2n) is 7.27. The van der Waals surface area contributed by atoms with E-state index in [-0.39, 0.29) is 12.7 Å². The molecule has 0 saturated carbocycles. The number of benzene rings is 1. The predicted octanol–water partition coefficient (Wildman–Crippen LogP) is 3.59. The number of hydrogen-bond acceptors (Lipinski definition) is 4. The van der Waals surface area contributed by atoms with Gasteiger partial charge in [-0.3, -0.25) is 4.79 Å². The lowest BCUT2D eigenvalue weighted by atomic mass is 9.97. The lowest BCUT2D eigenvalue weighted by Crippen LogP contribution is -2.36. The van der Waals surface area contributed by atoms with E-state index < -0.39 is 5.41 Å². The lowest BCUT2D eigenvalue weighted by molar-refractivity contribution is -0.156. The highest BCUT2D eigenvalue weighted by Gasteiger charge is 2.25. The minimum absolute atomic E-state index is 0.181. The summed E-state index contributed by atoms with van der Waals surface area (Å²) in [5, 5.41) is 0. The summed E-state index contributed by atoms with van der Waals surface area (Å²) < 4.78 is 5.43. The molecule has 2 aliphatic rings. The minimum Gasteiger partial charge on any atom is -0.444 e. The maximum atomic E-state index is 11.9. The van der Waals surface area contributed by atoms with E-state index in [1.807, 2.05) is 32.6 Å². The van der Waals surface area contributed by atoms with Crippen LogP contribution in [0.4, 0.5) is 5.69 Å². The Bertz CT molecular complexity index is 641. The molecule has 0 radical (unpaired) electrons. The molecule has 3 rings (SSSR count). The van der Waals surface area contributed by atoms with Crippen LogP contribution in [-0.4, -0.2) is 23.4 Å². The van der Waals surface area contributed by atoms with Gasteiger partial charge in [0.15, 0.2) is 6.73 Å². The van der Waals surface area contributed by atoms with Gasteiger partial charge < -0.3 is 9.64 Å². The molecule has 1 aliphatic heterocycles. The zero-order valence-corrected chi connectivity index (χ0v) is 13.9. The van der Waals surface area contributed by atoms with Crippen molar-refractivity contribution >= 4 is 17.5 Å². The molecule has 0 atom stereocenters. The molecular weight excluding hydrogens is 276 g/mol. The fourth-order valence-corrected chi connectivity index (χ4v) is 2.95. The molecule has 0 N–H and O–H groups in total. The summed E-state index contributed by atoms with van der Waals surface area (Å²) in [6.07, 6.45) is 3.59. The van der Waals surface area contributed by atoms with Gasteiger partial charge in [0, 0.05) is 6.54 Å². The number of aryl methyl sites for hydroxylation is 2. The Morgan fingerprint density at radius 2 is 1.91 bits per heavy atom. The maximum Gasteiger partial charge on any atom is 0.312 e. The highest BCUT2D eigenvalue weighted by Crippen LogP contribution is 2.33. The first-order valence-electron chi connectivity index (χ1n) is 7.97. The van der Waals surface area contributed by atoms with E-state index in [9.17, 15) is 4.79 Å². The Kier molecular flexibility index (Phi) is 3.71. The van der Waals surface area contributed by atoms with Crippen molar-refractivity contribution in [2.24, 2.45) is 10.4 Å². The molecule has 118 valence electrons. The number of aliphatic imine (C=N–C) groups is 1. The van der Waals surface area contributed by atoms with Gasteiger partial charge in [-0.1, -0.05) is 6.07 Å². The van der Waals surface area contributed by atoms with E-state index in [2.05, 4.69) is 12.1 Å². The molecule has 1 aromatic rings. The van der Waals surface area contributed by atoms with Gasteiger partial charge in [0.25, 0.3) is 0 Å². The molecule has 0 bridgehead atoms. The van der Waals surface area contributed by atoms with Crippen LogP contribution in [0.2, 0.25) is 0 Å². The van der Waals surface area contributed by atoms with E-state index >= 15 is 0 Å². The van der Waals surface area contributed by atoms with E-state index in [0.29, 0.717) is 0 Å². The summed E-state index contributed by atoms with van der Waals surface area (Å²) in [4.78, 5) is 18.6. The smallest absolute Gasteiger partial charge is 0.312 e. The molecule has 0 amide bonds. The van der Waals surface area contributed by atoms with Crippen LogP contribution in [0.3, 0.4) is 0 Å². The van der Waals surface area contributed by atoms with Crippen LogP contribution >= 0.6 is 0 Å². The first-order chi connectivity index (χ1) is 10.3. The fourth-order valence-electron chi connectivity index (χ4n) is 2.95. The molecular formula is C18H24N2O2. The highest BCUT2D eigenvalue weighted by molar-refractivity contribution is 5.85. The summed E-state index contributed by atoms with van der Waals surface area (Å²) >= 11 is 0. The Labute approximate surface area is 132 Å². The fraction of sp³-hybridized carbons (Fsp3) is 0.556. The Balaban J connectivity index is 1.74. The number of esters is 1. The third-order valence-corrected chi connectivity index (χ3v) is 4.36. The molecule has 1 aromatic carbocycles. The van der Waals surface area contributed by atoms with Gasteiger partial charge in [0.2, 0.25) is 0 Å². The summed E-state index contributed by atoms with van der Waals surface area (Å²) in [6, 6.07) is 4.52. The summed E-state index contributed by atoms with van der Waals surface area (Å²) in [5.74, 6) is 0.729. The monoisotopic (exact) mass is 300 g/mol. The van der Waals surface area contributed by atoms with E-state index in [1.165, 1.54) is 36.0 Å². The average Bonchev–Trinajstić information content (AvgIpc) is 2.88. The number of hydrogen-bond donors (Lipinski definition) is 0. The van der Waals surface area contributed by atoms with Crippen LogP contribution in [0.15, 0.2) is 17.1 Å². The number of nitrogens with zero attached hydrogens (tertiary/aromatic N) is 2. The van der Waals surface area contributed by atoms with Gasteiger partial charge in [0.1, 0.15) is 5.84 Å². The van der Waals surface area contributed by atoms with Gasteiger partial charge in [-0.25, -0.2) is 4.99 Å². The number of ether oxygens (including phenoxy) is 1. The normalized spacial score (nSPS) is 16.9. The number of fused-ring (bicyclic) bond motifs is 2. The molecule has 0 aromatic heterocycles. The second-order valence-corrected chi connectivity index (χ2v) is 7.27. The zero-order chi connectivity index (χ0) is 15.9. The largest absolute Gasteiger partial charge is 0.444 e. The predicted molar refractivity (Wildman–Crippen MR) is 87.2 cm³/mol. The van der Waals surface area contributed by atoms with Crippen molar-refractivity contribution in [3.8, 4) is 0 Å². The topological polar surface area (TPSA) is 41.9 Å². The van der Waals surface area contributed by atoms with Gasteiger partial charge in [-0.15, -0.1) is 0 Å². The molecule has 0 spiro atoms. The lowest BCUT2D eigenvalue weighted by Gasteiger charge is -2.30. The molecule has 1 heterocycles. The van der Waals surface area contributed by atoms with E-state index in [1.54, 1.807) is 0 Å². The van der Waals surface area contributed by atoms with Crippen LogP contribution in [0, 0.1) is 5.41 Å². The molecule has 0 fully saturated rings. The van der Waals surface area contributed by atoms with Gasteiger partial charge in [-0.05, 0) is 69.7 Å². The van der Waals surface area contributed by atoms with Crippen LogP contribution in [0.1, 0.15) is 50.8 Å². The third-order valence-electron chi connectivity index (χ3n) is 4.36. The van der Waals surface area contributed by atoms with Crippen molar-refractivity contribution in [3.63, 3.8) is 0 Å². The number of carbonyl (C=O) groups excluding carboxylic acids is 1. The number of amidine groups is 1. The van der Waals surface area contributed by atoms with Crippen LogP contribution in [-0.2, 0) is 28.9 Å². The average molecular weight is 300 g/mol. The van der Waals surface area contributed by atoms with Gasteiger partial charge in [-0.2, -0.15) is 0 Å². The van der Waals surface area contributed by atoms with Crippen molar-refractivity contribution in [1.29, 1.82) is 0 Å². The van der Waals surface area contributed by atoms with Crippen molar-refractivity contribution in [3.05, 3.63) is 28.8 Å². The highest BCUT2D eigenvalue weighted by atomic mass is 16.5. The minimum atomic E-state index is -0.473. The Morgan fingerprint density at radius 3 is 2.59 bits per heavy atom. The first-order valence-corrected chi connectivity index (χ1v) is 7.97. The number of rotatable bonds is 2. The Morgan fingerprint density at radius 1 is 1.23 bits per heavy atom. The van der Waals surface area contributed by atoms with E-state index in [4.69, 9.17) is 9.73 Å². The van der Waals surface area contributed by atoms with Crippen LogP contribution in [0.5, 0.6) is 0 Å². The van der Waals surface area contributed by atoms with E-state index in [0.717, 1.165) is 18.1 Å². The molecule has 4 nitrogen and oxygen atoms in total. The van der Waals surface area contributed by atoms with Crippen molar-refractivity contribution in [2.45, 2.75) is 53.5 Å². The summed E-state index contributed by atoms with van der Waals surface area (Å²) in [6.45, 7) is 8.60. The molecule has 0 saturated heterocycles. The van der Waals surface area contributed by atoms with Crippen molar-refractivity contribution in [1.82, 2.24) is 4.90 Å². The number of carbonyl (C=O) groups is 1. The SMILES string of the molecule is CC1=Nc2cc3c(cc2CN1COC(=O)C(C)(C)C)CCC3. The quantitative estimate of drug-likeness (QED) is 0.784. The standard InChI is InChI=1S/C18H24N2O2/c1-12-19-16-9-14-7-5-6-13(14)8-15(16)10-20(12)11-22-17(21)18(2,3)4/h8-9H,5-7,10-11H2,1-4H3.